The first-order chi connectivity index (χ1) is 58.0. The average molecular weight is 1710 g/mol. The van der Waals surface area contributed by atoms with Gasteiger partial charge in [-0.15, -0.1) is 0 Å². The molecular formula is C90H135N11O21. The zero-order chi connectivity index (χ0) is 88.5. The number of hydrogen-bond donors (Lipinski definition) is 9. The van der Waals surface area contributed by atoms with Gasteiger partial charge >= 0.3 is 29.9 Å². The molecule has 0 bridgehead atoms. The van der Waals surface area contributed by atoms with Crippen molar-refractivity contribution in [2.45, 2.75) is 313 Å². The molecule has 2 heterocycles. The predicted molar refractivity (Wildman–Crippen MR) is 453 cm³/mol. The summed E-state index contributed by atoms with van der Waals surface area (Å²) < 4.78 is 41.2. The Bertz CT molecular complexity index is 3930. The van der Waals surface area contributed by atoms with Crippen molar-refractivity contribution in [1.82, 2.24) is 57.3 Å². The Balaban J connectivity index is 0.708. The first kappa shape index (κ1) is 98.0. The Morgan fingerprint density at radius 2 is 1.00 bits per heavy atom. The number of benzene rings is 2. The maximum absolute atomic E-state index is 14.5. The third-order valence-corrected chi connectivity index (χ3v) is 22.6. The van der Waals surface area contributed by atoms with Gasteiger partial charge in [0.2, 0.25) is 47.3 Å². The van der Waals surface area contributed by atoms with Crippen LogP contribution in [-0.4, -0.2) is 235 Å². The molecule has 0 unspecified atom stereocenters. The molecule has 4 aliphatic carbocycles. The standard InChI is InChI=1S/C90H135N11O21/c1-88(2,3)120-79(107)43-42-72(86(114)122-90(7,8)9)99-87(115)98-71(85(113)121-89(4,5)6)21-13-14-45-94-82(109)73(53-58-24-25-59-18-11-12-19-62(59)52-58)97-81(108)60-26-30-64(31-27-60)95-74(102)22-16-48-116-66-34-38-68(39-35-66)118-50-46-92-76(104)56-101(83(110)70-54-78(106)100(10)80(70)63-20-15-44-91-55-63)57-77(105)93-47-51-119-69-40-36-67(37-41-69)117-49-17-23-75(103)96-65-32-28-61(29-33-65)84(111)112/h11-12,15,18-20,24-25,44,52,55,60-61,64-73,80H,13-14,16-17,21-23,26-43,45-51,53-54,56-57H2,1-10H3,(H,92,104)(H,93,105)(H,94,109)(H,95,102)(H,96,103)(H,97,108)(H,111,112)(H2,98,99,115)/t60?,61?,64?,65?,66?,67?,68?,69?,70-,71-,72-,73-,80+/m0/s1. The monoisotopic (exact) mass is 1710 g/mol. The molecule has 5 fully saturated rings. The number of aromatic nitrogens is 1. The molecule has 1 aromatic heterocycles. The van der Waals surface area contributed by atoms with Crippen LogP contribution in [0.5, 0.6) is 0 Å². The van der Waals surface area contributed by atoms with Crippen LogP contribution in [0, 0.1) is 17.8 Å². The number of ether oxygens (including phenoxy) is 7. The van der Waals surface area contributed by atoms with E-state index in [0.717, 1.165) is 67.7 Å². The van der Waals surface area contributed by atoms with Crippen LogP contribution < -0.4 is 42.5 Å². The number of carbonyl (C=O) groups is 13. The first-order valence-electron chi connectivity index (χ1n) is 44.1. The molecule has 9 N–H and O–H groups in total. The molecule has 122 heavy (non-hydrogen) atoms. The Morgan fingerprint density at radius 1 is 0.508 bits per heavy atom. The molecule has 5 atom stereocenters. The number of hydrogen-bond acceptors (Lipinski definition) is 21. The average Bonchev–Trinajstić information content (AvgIpc) is 1.64. The third kappa shape index (κ3) is 35.1. The quantitative estimate of drug-likeness (QED) is 0.0146. The van der Waals surface area contributed by atoms with Gasteiger partial charge in [-0.25, -0.2) is 14.4 Å². The highest BCUT2D eigenvalue weighted by Crippen LogP contribution is 2.38. The van der Waals surface area contributed by atoms with Gasteiger partial charge in [0.15, 0.2) is 0 Å². The number of carbonyl (C=O) groups excluding carboxylic acids is 12. The lowest BCUT2D eigenvalue weighted by molar-refractivity contribution is -0.159. The fourth-order valence-corrected chi connectivity index (χ4v) is 16.3. The molecule has 1 saturated heterocycles. The van der Waals surface area contributed by atoms with Crippen molar-refractivity contribution >= 4 is 87.9 Å². The molecule has 1 aliphatic heterocycles. The van der Waals surface area contributed by atoms with Gasteiger partial charge in [0.1, 0.15) is 48.0 Å². The molecule has 2 aromatic carbocycles. The lowest BCUT2D eigenvalue weighted by Crippen LogP contribution is -2.53. The Morgan fingerprint density at radius 3 is 1.49 bits per heavy atom. The Kier molecular flexibility index (Phi) is 39.1. The molecule has 32 heteroatoms. The number of aliphatic carboxylic acids is 1. The van der Waals surface area contributed by atoms with E-state index in [0.29, 0.717) is 102 Å². The van der Waals surface area contributed by atoms with E-state index in [4.69, 9.17) is 33.2 Å². The summed E-state index contributed by atoms with van der Waals surface area (Å²) in [6.45, 7) is 16.2. The highest BCUT2D eigenvalue weighted by atomic mass is 16.6. The van der Waals surface area contributed by atoms with Crippen molar-refractivity contribution in [2.24, 2.45) is 17.8 Å². The molecule has 3 aromatic rings. The first-order valence-corrected chi connectivity index (χ1v) is 44.1. The summed E-state index contributed by atoms with van der Waals surface area (Å²) >= 11 is 0. The zero-order valence-corrected chi connectivity index (χ0v) is 73.3. The number of likely N-dealkylation sites (tertiary alicyclic amines) is 1. The number of carboxylic acids is 1. The summed E-state index contributed by atoms with van der Waals surface area (Å²) in [5, 5.41) is 34.4. The molecule has 32 nitrogen and oxygen atoms in total. The van der Waals surface area contributed by atoms with Gasteiger partial charge in [-0.2, -0.15) is 0 Å². The second-order valence-corrected chi connectivity index (χ2v) is 36.1. The smallest absolute Gasteiger partial charge is 0.329 e. The van der Waals surface area contributed by atoms with E-state index in [1.807, 2.05) is 42.5 Å². The number of unbranched alkanes of at least 4 members (excludes halogenated alkanes) is 1. The van der Waals surface area contributed by atoms with Gasteiger partial charge in [-0.1, -0.05) is 48.5 Å². The van der Waals surface area contributed by atoms with Gasteiger partial charge in [-0.3, -0.25) is 52.9 Å². The van der Waals surface area contributed by atoms with E-state index >= 15 is 0 Å². The fraction of sp³-hybridized carbons (Fsp3) is 0.689. The number of nitrogens with one attached hydrogen (secondary N) is 8. The molecule has 8 rings (SSSR count). The van der Waals surface area contributed by atoms with Crippen LogP contribution in [0.4, 0.5) is 4.79 Å². The van der Waals surface area contributed by atoms with Crippen LogP contribution in [0.3, 0.4) is 0 Å². The molecule has 0 spiro atoms. The third-order valence-electron chi connectivity index (χ3n) is 22.6. The molecule has 10 amide bonds. The number of urea groups is 1. The second-order valence-electron chi connectivity index (χ2n) is 36.1. The lowest BCUT2D eigenvalue weighted by Gasteiger charge is -2.30. The maximum atomic E-state index is 14.5. The Hall–Kier alpha value is -9.40. The molecular weight excluding hydrogens is 1570 g/mol. The van der Waals surface area contributed by atoms with E-state index in [2.05, 4.69) is 47.5 Å². The molecule has 676 valence electrons. The number of nitrogens with zero attached hydrogens (tertiary/aromatic N) is 3. The normalized spacial score (nSPS) is 22.0. The summed E-state index contributed by atoms with van der Waals surface area (Å²) in [6.07, 6.45) is 16.1. The second kappa shape index (κ2) is 48.6. The minimum absolute atomic E-state index is 0.00791. The van der Waals surface area contributed by atoms with Crippen molar-refractivity contribution in [3.05, 3.63) is 78.1 Å². The predicted octanol–water partition coefficient (Wildman–Crippen LogP) is 8.35. The van der Waals surface area contributed by atoms with Crippen molar-refractivity contribution in [1.29, 1.82) is 0 Å². The van der Waals surface area contributed by atoms with Gasteiger partial charge in [0, 0.05) is 102 Å². The largest absolute Gasteiger partial charge is 0.481 e. The molecule has 4 saturated carbocycles. The van der Waals surface area contributed by atoms with E-state index in [-0.39, 0.29) is 137 Å². The van der Waals surface area contributed by atoms with Crippen LogP contribution in [0.15, 0.2) is 67.0 Å². The number of rotatable bonds is 44. The summed E-state index contributed by atoms with van der Waals surface area (Å²) in [5.41, 5.74) is -1.09. The number of esters is 3. The summed E-state index contributed by atoms with van der Waals surface area (Å²) in [5.74, 6) is -7.00. The van der Waals surface area contributed by atoms with Gasteiger partial charge in [0.05, 0.1) is 55.5 Å². The van der Waals surface area contributed by atoms with Crippen molar-refractivity contribution < 1.29 is 101 Å². The van der Waals surface area contributed by atoms with Gasteiger partial charge < -0.3 is 90.6 Å². The van der Waals surface area contributed by atoms with E-state index < -0.39 is 119 Å². The molecule has 5 aliphatic rings. The van der Waals surface area contributed by atoms with E-state index in [9.17, 15) is 67.4 Å². The van der Waals surface area contributed by atoms with Crippen LogP contribution in [-0.2, 0) is 97.1 Å². The van der Waals surface area contributed by atoms with Crippen LogP contribution >= 0.6 is 0 Å². The summed E-state index contributed by atoms with van der Waals surface area (Å²) in [6, 6.07) is 12.3. The zero-order valence-electron chi connectivity index (χ0n) is 73.3. The van der Waals surface area contributed by atoms with E-state index in [1.54, 1.807) is 93.9 Å². The van der Waals surface area contributed by atoms with Crippen molar-refractivity contribution in [3.8, 4) is 0 Å². The minimum atomic E-state index is -1.26. The van der Waals surface area contributed by atoms with Crippen LogP contribution in [0.1, 0.15) is 246 Å². The number of amides is 10. The highest BCUT2D eigenvalue weighted by molar-refractivity contribution is 5.95. The number of carboxylic acid groups (broad SMARTS) is 1. The summed E-state index contributed by atoms with van der Waals surface area (Å²) in [7, 11) is 1.62. The van der Waals surface area contributed by atoms with Crippen LogP contribution in [0.25, 0.3) is 10.8 Å². The SMILES string of the molecule is CN1C(=O)C[C@H](C(=O)N(CC(=O)NCCOC2CCC(OCCCC(=O)NC3CCC(C(=O)O)CC3)CC2)CC(=O)NCCOC2CCC(OCCCC(=O)NC3CCC(C(=O)N[C@@H](Cc4ccc5ccccc5c4)C(=O)NCCCC[C@H](NC(=O)N[C@@H](CCC(=O)OC(C)(C)C)C(=O)OC(C)(C)C)C(=O)OC(C)(C)C)CC3)CC2)[C@H]1c1cccnc1. The van der Waals surface area contributed by atoms with E-state index in [1.165, 1.54) is 9.80 Å². The van der Waals surface area contributed by atoms with Gasteiger partial charge in [-0.05, 0) is 232 Å². The maximum Gasteiger partial charge on any atom is 0.329 e. The fourth-order valence-electron chi connectivity index (χ4n) is 16.3. The highest BCUT2D eigenvalue weighted by Gasteiger charge is 2.45. The van der Waals surface area contributed by atoms with Crippen LogP contribution in [0.2, 0.25) is 0 Å². The van der Waals surface area contributed by atoms with Gasteiger partial charge in [0.25, 0.3) is 0 Å². The summed E-state index contributed by atoms with van der Waals surface area (Å²) in [4.78, 5) is 180. The topological polar surface area (TPSA) is 422 Å². The number of fused-ring (bicyclic) bond motifs is 1. The minimum Gasteiger partial charge on any atom is -0.481 e. The number of pyridine rings is 1. The lowest BCUT2D eigenvalue weighted by atomic mass is 9.85. The molecule has 0 radical (unpaired) electrons. The van der Waals surface area contributed by atoms with Crippen molar-refractivity contribution in [3.63, 3.8) is 0 Å². The Labute approximate surface area is 717 Å². The van der Waals surface area contributed by atoms with Crippen molar-refractivity contribution in [2.75, 3.05) is 66.2 Å².